The van der Waals surface area contributed by atoms with Crippen LogP contribution in [0.25, 0.3) is 0 Å². The number of urea groups is 1. The van der Waals surface area contributed by atoms with E-state index in [4.69, 9.17) is 0 Å². The van der Waals surface area contributed by atoms with Gasteiger partial charge in [-0.05, 0) is 82.5 Å². The molecule has 1 aliphatic heterocycles. The maximum Gasteiger partial charge on any atom is 0.333 e. The van der Waals surface area contributed by atoms with Crippen molar-refractivity contribution in [2.24, 2.45) is 5.41 Å². The van der Waals surface area contributed by atoms with Gasteiger partial charge in [0.15, 0.2) is 5.13 Å². The third kappa shape index (κ3) is 5.57. The summed E-state index contributed by atoms with van der Waals surface area (Å²) in [6, 6.07) is 10.9. The Balaban J connectivity index is 1.57. The number of hydrogen-bond donors (Lipinski definition) is 2. The van der Waals surface area contributed by atoms with Crippen molar-refractivity contribution in [1.82, 2.24) is 15.2 Å². The first kappa shape index (κ1) is 26.2. The molecule has 9 heteroatoms. The number of carbonyl (C=O) groups is 1. The van der Waals surface area contributed by atoms with Crippen molar-refractivity contribution in [3.05, 3.63) is 82.1 Å². The topological polar surface area (TPSA) is 57.3 Å². The van der Waals surface area contributed by atoms with Crippen molar-refractivity contribution in [1.29, 1.82) is 0 Å². The number of rotatable bonds is 8. The summed E-state index contributed by atoms with van der Waals surface area (Å²) in [5.74, 6) is 0. The SMILES string of the molecule is Cc1ccc(C(C)(C)N2CCC(CCc3ccc(F)s3)(C(F)(F)NC(=O)Nc3ccccc3)C2)cn1. The fraction of sp³-hybridized carbons (Fsp3) is 0.407. The lowest BCUT2D eigenvalue weighted by molar-refractivity contribution is -0.138. The molecule has 192 valence electrons. The van der Waals surface area contributed by atoms with E-state index in [0.29, 0.717) is 23.5 Å². The van der Waals surface area contributed by atoms with Gasteiger partial charge in [0.25, 0.3) is 0 Å². The van der Waals surface area contributed by atoms with Gasteiger partial charge in [-0.25, -0.2) is 4.79 Å². The van der Waals surface area contributed by atoms with Crippen LogP contribution in [0.3, 0.4) is 0 Å². The van der Waals surface area contributed by atoms with Crippen LogP contribution in [0.2, 0.25) is 0 Å². The van der Waals surface area contributed by atoms with E-state index in [-0.39, 0.29) is 24.5 Å². The number of benzene rings is 1. The minimum atomic E-state index is -3.50. The molecule has 0 radical (unpaired) electrons. The van der Waals surface area contributed by atoms with E-state index in [9.17, 15) is 9.18 Å². The molecule has 5 nitrogen and oxygen atoms in total. The van der Waals surface area contributed by atoms with Gasteiger partial charge in [-0.2, -0.15) is 13.2 Å². The minimum absolute atomic E-state index is 0.0698. The van der Waals surface area contributed by atoms with E-state index >= 15 is 8.78 Å². The molecule has 1 unspecified atom stereocenters. The molecule has 3 aromatic rings. The van der Waals surface area contributed by atoms with E-state index in [1.165, 1.54) is 6.07 Å². The number of thiophene rings is 1. The number of amides is 2. The fourth-order valence-electron chi connectivity index (χ4n) is 4.79. The number of halogens is 3. The van der Waals surface area contributed by atoms with Crippen LogP contribution in [0, 0.1) is 17.5 Å². The molecule has 1 aromatic carbocycles. The normalized spacial score (nSPS) is 18.8. The van der Waals surface area contributed by atoms with Gasteiger partial charge in [-0.3, -0.25) is 15.2 Å². The maximum atomic E-state index is 16.0. The Morgan fingerprint density at radius 1 is 1.14 bits per heavy atom. The highest BCUT2D eigenvalue weighted by Gasteiger charge is 2.59. The highest BCUT2D eigenvalue weighted by atomic mass is 32.1. The van der Waals surface area contributed by atoms with Crippen molar-refractivity contribution in [3.63, 3.8) is 0 Å². The van der Waals surface area contributed by atoms with Crippen LogP contribution in [-0.2, 0) is 12.0 Å². The zero-order valence-electron chi connectivity index (χ0n) is 20.7. The van der Waals surface area contributed by atoms with E-state index in [2.05, 4.69) is 10.3 Å². The molecule has 1 aliphatic rings. The van der Waals surface area contributed by atoms with Crippen molar-refractivity contribution < 1.29 is 18.0 Å². The Morgan fingerprint density at radius 3 is 2.53 bits per heavy atom. The second-order valence-electron chi connectivity index (χ2n) is 9.92. The lowest BCUT2D eigenvalue weighted by Crippen LogP contribution is -2.57. The number of para-hydroxylation sites is 1. The second kappa shape index (κ2) is 10.2. The Hall–Kier alpha value is -2.91. The smallest absolute Gasteiger partial charge is 0.308 e. The number of pyridine rings is 1. The van der Waals surface area contributed by atoms with Crippen LogP contribution in [-0.4, -0.2) is 35.1 Å². The first-order valence-electron chi connectivity index (χ1n) is 12.0. The van der Waals surface area contributed by atoms with E-state index in [1.54, 1.807) is 42.6 Å². The van der Waals surface area contributed by atoms with Crippen molar-refractivity contribution >= 4 is 23.1 Å². The summed E-state index contributed by atoms with van der Waals surface area (Å²) in [7, 11) is 0. The predicted molar refractivity (Wildman–Crippen MR) is 137 cm³/mol. The highest BCUT2D eigenvalue weighted by Crippen LogP contribution is 2.49. The first-order chi connectivity index (χ1) is 17.0. The highest BCUT2D eigenvalue weighted by molar-refractivity contribution is 7.10. The van der Waals surface area contributed by atoms with E-state index in [0.717, 1.165) is 22.6 Å². The molecule has 0 spiro atoms. The van der Waals surface area contributed by atoms with Gasteiger partial charge in [-0.1, -0.05) is 24.3 Å². The minimum Gasteiger partial charge on any atom is -0.308 e. The summed E-state index contributed by atoms with van der Waals surface area (Å²) < 4.78 is 45.5. The summed E-state index contributed by atoms with van der Waals surface area (Å²) >= 11 is 0.968. The number of alkyl halides is 2. The third-order valence-corrected chi connectivity index (χ3v) is 8.14. The molecule has 0 bridgehead atoms. The average molecular weight is 517 g/mol. The molecule has 36 heavy (non-hydrogen) atoms. The second-order valence-corrected chi connectivity index (χ2v) is 11.0. The van der Waals surface area contributed by atoms with Crippen LogP contribution in [0.4, 0.5) is 23.7 Å². The molecule has 0 saturated carbocycles. The van der Waals surface area contributed by atoms with Gasteiger partial charge in [0.2, 0.25) is 0 Å². The molecule has 1 fully saturated rings. The zero-order valence-corrected chi connectivity index (χ0v) is 21.5. The van der Waals surface area contributed by atoms with Crippen molar-refractivity contribution in [2.75, 3.05) is 18.4 Å². The standard InChI is InChI=1S/C27H31F3N4OS/c1-19-9-10-20(17-31-19)25(2,3)34-16-15-26(18-34,14-13-22-11-12-23(28)36-22)27(29,30)33-24(35)32-21-7-5-4-6-8-21/h4-12,17H,13-16,18H2,1-3H3,(H2,32,33,35). The van der Waals surface area contributed by atoms with Crippen LogP contribution < -0.4 is 10.6 Å². The van der Waals surface area contributed by atoms with Gasteiger partial charge in [0.1, 0.15) is 0 Å². The number of aromatic nitrogens is 1. The van der Waals surface area contributed by atoms with Crippen molar-refractivity contribution in [3.8, 4) is 0 Å². The van der Waals surface area contributed by atoms with E-state index < -0.39 is 23.0 Å². The Labute approximate surface area is 213 Å². The molecule has 2 amide bonds. The summed E-state index contributed by atoms with van der Waals surface area (Å²) in [5, 5.41) is 4.10. The van der Waals surface area contributed by atoms with Crippen LogP contribution in [0.15, 0.2) is 60.8 Å². The predicted octanol–water partition coefficient (Wildman–Crippen LogP) is 6.57. The number of carbonyl (C=O) groups excluding carboxylic acids is 1. The summed E-state index contributed by atoms with van der Waals surface area (Å²) in [4.78, 5) is 19.7. The van der Waals surface area contributed by atoms with Crippen LogP contribution in [0.1, 0.15) is 42.8 Å². The molecular formula is C27H31F3N4OS. The summed E-state index contributed by atoms with van der Waals surface area (Å²) in [6.45, 7) is 6.39. The fourth-order valence-corrected chi connectivity index (χ4v) is 5.51. The number of anilines is 1. The number of hydrogen-bond acceptors (Lipinski definition) is 4. The lowest BCUT2D eigenvalue weighted by Gasteiger charge is -2.41. The Bertz CT molecular complexity index is 1180. The first-order valence-corrected chi connectivity index (χ1v) is 12.8. The molecule has 3 heterocycles. The van der Waals surface area contributed by atoms with Crippen LogP contribution >= 0.6 is 11.3 Å². The lowest BCUT2D eigenvalue weighted by atomic mass is 9.79. The quantitative estimate of drug-likeness (QED) is 0.333. The molecule has 2 aromatic heterocycles. The summed E-state index contributed by atoms with van der Waals surface area (Å²) in [5.41, 5.74) is 0.169. The average Bonchev–Trinajstić information content (AvgIpc) is 3.46. The Morgan fingerprint density at radius 2 is 1.89 bits per heavy atom. The Kier molecular flexibility index (Phi) is 7.43. The number of nitrogens with zero attached hydrogens (tertiary/aromatic N) is 2. The zero-order chi connectivity index (χ0) is 26.0. The monoisotopic (exact) mass is 516 g/mol. The maximum absolute atomic E-state index is 16.0. The molecule has 1 atom stereocenters. The molecule has 2 N–H and O–H groups in total. The summed E-state index contributed by atoms with van der Waals surface area (Å²) in [6.07, 6.45) is 2.37. The number of likely N-dealkylation sites (tertiary alicyclic amines) is 1. The molecule has 0 aliphatic carbocycles. The molecular weight excluding hydrogens is 485 g/mol. The van der Waals surface area contributed by atoms with E-state index in [1.807, 2.05) is 43.1 Å². The van der Waals surface area contributed by atoms with Gasteiger partial charge in [0.05, 0.1) is 5.41 Å². The van der Waals surface area contributed by atoms with Gasteiger partial charge >= 0.3 is 12.1 Å². The van der Waals surface area contributed by atoms with Gasteiger partial charge < -0.3 is 5.32 Å². The molecule has 4 rings (SSSR count). The van der Waals surface area contributed by atoms with Gasteiger partial charge in [-0.15, -0.1) is 11.3 Å². The third-order valence-electron chi connectivity index (χ3n) is 7.21. The van der Waals surface area contributed by atoms with Gasteiger partial charge in [0, 0.05) is 34.5 Å². The molecule has 1 saturated heterocycles. The van der Waals surface area contributed by atoms with Crippen molar-refractivity contribution in [2.45, 2.75) is 51.6 Å². The largest absolute Gasteiger partial charge is 0.333 e. The number of nitrogens with one attached hydrogen (secondary N) is 2. The number of aryl methyl sites for hydroxylation is 2. The van der Waals surface area contributed by atoms with Crippen LogP contribution in [0.5, 0.6) is 0 Å².